The topological polar surface area (TPSA) is 81.4 Å². The Balaban J connectivity index is 2.15. The van der Waals surface area contributed by atoms with Crippen LogP contribution in [0.4, 0.5) is 0 Å². The van der Waals surface area contributed by atoms with Gasteiger partial charge in [0, 0.05) is 30.3 Å². The molecule has 1 aromatic rings. The maximum Gasteiger partial charge on any atom is 0.242 e. The van der Waals surface area contributed by atoms with Crippen molar-refractivity contribution < 1.29 is 13.2 Å². The van der Waals surface area contributed by atoms with Crippen molar-refractivity contribution in [2.45, 2.75) is 24.3 Å². The van der Waals surface area contributed by atoms with Gasteiger partial charge in [-0.3, -0.25) is 0 Å². The Morgan fingerprint density at radius 1 is 1.38 bits per heavy atom. The summed E-state index contributed by atoms with van der Waals surface area (Å²) in [5.41, 5.74) is 5.99. The lowest BCUT2D eigenvalue weighted by atomic mass is 10.0. The van der Waals surface area contributed by atoms with Crippen LogP contribution in [0.3, 0.4) is 0 Å². The number of ether oxygens (including phenoxy) is 1. The third-order valence-corrected chi connectivity index (χ3v) is 5.82. The predicted octanol–water partition coefficient (Wildman–Crippen LogP) is 2.16. The van der Waals surface area contributed by atoms with Gasteiger partial charge in [0.2, 0.25) is 10.0 Å². The van der Waals surface area contributed by atoms with Crippen LogP contribution in [0.15, 0.2) is 17.0 Å². The second kappa shape index (κ2) is 7.26. The summed E-state index contributed by atoms with van der Waals surface area (Å²) < 4.78 is 32.6. The molecule has 1 aliphatic rings. The number of hydrogen-bond acceptors (Lipinski definition) is 4. The maximum atomic E-state index is 12.4. The first kappa shape index (κ1) is 17.0. The summed E-state index contributed by atoms with van der Waals surface area (Å²) in [7, 11) is -3.69. The molecule has 0 bridgehead atoms. The summed E-state index contributed by atoms with van der Waals surface area (Å²) in [5.74, 6) is 0.188. The molecule has 21 heavy (non-hydrogen) atoms. The van der Waals surface area contributed by atoms with E-state index in [0.717, 1.165) is 19.4 Å². The van der Waals surface area contributed by atoms with Gasteiger partial charge in [-0.1, -0.05) is 23.2 Å². The Kier molecular flexibility index (Phi) is 5.88. The summed E-state index contributed by atoms with van der Waals surface area (Å²) in [6, 6.07) is 2.89. The molecule has 0 aliphatic carbocycles. The second-order valence-electron chi connectivity index (χ2n) is 4.98. The lowest BCUT2D eigenvalue weighted by Gasteiger charge is -2.22. The zero-order chi connectivity index (χ0) is 15.5. The summed E-state index contributed by atoms with van der Waals surface area (Å²) in [6.45, 7) is 1.73. The van der Waals surface area contributed by atoms with Crippen molar-refractivity contribution in [1.82, 2.24) is 4.72 Å². The van der Waals surface area contributed by atoms with Gasteiger partial charge < -0.3 is 10.5 Å². The highest BCUT2D eigenvalue weighted by atomic mass is 35.5. The monoisotopic (exact) mass is 352 g/mol. The van der Waals surface area contributed by atoms with E-state index >= 15 is 0 Å². The third kappa shape index (κ3) is 4.09. The zero-order valence-electron chi connectivity index (χ0n) is 11.4. The smallest absolute Gasteiger partial charge is 0.242 e. The van der Waals surface area contributed by atoms with Crippen LogP contribution < -0.4 is 10.5 Å². The number of sulfonamides is 1. The van der Waals surface area contributed by atoms with E-state index in [1.54, 1.807) is 0 Å². The van der Waals surface area contributed by atoms with Crippen LogP contribution in [0.5, 0.6) is 0 Å². The molecular formula is C13H18Cl2N2O3S. The Labute approximate surface area is 134 Å². The molecule has 2 rings (SSSR count). The first-order valence-corrected chi connectivity index (χ1v) is 8.94. The van der Waals surface area contributed by atoms with Gasteiger partial charge in [-0.2, -0.15) is 0 Å². The van der Waals surface area contributed by atoms with Gasteiger partial charge in [0.25, 0.3) is 0 Å². The number of nitrogens with two attached hydrogens (primary N) is 1. The van der Waals surface area contributed by atoms with Crippen LogP contribution in [0.2, 0.25) is 10.0 Å². The quantitative estimate of drug-likeness (QED) is 0.850. The Morgan fingerprint density at radius 2 is 2.14 bits per heavy atom. The van der Waals surface area contributed by atoms with Crippen molar-refractivity contribution in [3.8, 4) is 0 Å². The number of benzene rings is 1. The first-order valence-electron chi connectivity index (χ1n) is 6.70. The third-order valence-electron chi connectivity index (χ3n) is 3.46. The Bertz CT molecular complexity index is 602. The van der Waals surface area contributed by atoms with E-state index in [9.17, 15) is 8.42 Å². The second-order valence-corrected chi connectivity index (χ2v) is 7.50. The minimum absolute atomic E-state index is 0.00532. The van der Waals surface area contributed by atoms with Crippen molar-refractivity contribution >= 4 is 33.2 Å². The van der Waals surface area contributed by atoms with Crippen LogP contribution in [0.25, 0.3) is 0 Å². The molecule has 1 atom stereocenters. The molecule has 8 heteroatoms. The molecule has 0 radical (unpaired) electrons. The highest BCUT2D eigenvalue weighted by Gasteiger charge is 2.23. The van der Waals surface area contributed by atoms with Crippen molar-refractivity contribution in [2.75, 3.05) is 19.8 Å². The zero-order valence-corrected chi connectivity index (χ0v) is 13.8. The van der Waals surface area contributed by atoms with E-state index in [0.29, 0.717) is 23.7 Å². The Hall–Kier alpha value is -0.370. The van der Waals surface area contributed by atoms with Crippen molar-refractivity contribution in [2.24, 2.45) is 11.7 Å². The van der Waals surface area contributed by atoms with Gasteiger partial charge in [-0.25, -0.2) is 13.1 Å². The minimum Gasteiger partial charge on any atom is -0.381 e. The number of nitrogens with one attached hydrogen (secondary N) is 1. The fourth-order valence-corrected chi connectivity index (χ4v) is 4.29. The van der Waals surface area contributed by atoms with E-state index < -0.39 is 10.0 Å². The normalized spacial score (nSPS) is 19.7. The van der Waals surface area contributed by atoms with Gasteiger partial charge in [-0.15, -0.1) is 0 Å². The molecule has 1 unspecified atom stereocenters. The standard InChI is InChI=1S/C13H18Cl2N2O3S/c14-11-3-4-12(13(15)10(11)6-16)21(18,19)17-7-9-2-1-5-20-8-9/h3-4,9,17H,1-2,5-8,16H2. The summed E-state index contributed by atoms with van der Waals surface area (Å²) in [5, 5.41) is 0.444. The molecule has 0 saturated carbocycles. The van der Waals surface area contributed by atoms with E-state index in [4.69, 9.17) is 33.7 Å². The summed E-state index contributed by atoms with van der Waals surface area (Å²) in [4.78, 5) is 0.00532. The molecule has 1 fully saturated rings. The lowest BCUT2D eigenvalue weighted by molar-refractivity contribution is 0.0568. The highest BCUT2D eigenvalue weighted by Crippen LogP contribution is 2.30. The number of halogens is 2. The van der Waals surface area contributed by atoms with Crippen LogP contribution in [-0.4, -0.2) is 28.2 Å². The molecule has 118 valence electrons. The van der Waals surface area contributed by atoms with Crippen LogP contribution in [0.1, 0.15) is 18.4 Å². The molecule has 1 heterocycles. The molecule has 0 aromatic heterocycles. The van der Waals surface area contributed by atoms with Crippen LogP contribution in [-0.2, 0) is 21.3 Å². The molecule has 1 aromatic carbocycles. The average Bonchev–Trinajstić information content (AvgIpc) is 2.46. The fourth-order valence-electron chi connectivity index (χ4n) is 2.24. The van der Waals surface area contributed by atoms with E-state index in [-0.39, 0.29) is 22.4 Å². The SMILES string of the molecule is NCc1c(Cl)ccc(S(=O)(=O)NCC2CCCOC2)c1Cl. The molecule has 0 spiro atoms. The van der Waals surface area contributed by atoms with Crippen LogP contribution >= 0.6 is 23.2 Å². The first-order chi connectivity index (χ1) is 9.95. The largest absolute Gasteiger partial charge is 0.381 e. The van der Waals surface area contributed by atoms with Crippen molar-refractivity contribution in [3.05, 3.63) is 27.7 Å². The molecule has 1 aliphatic heterocycles. The van der Waals surface area contributed by atoms with Gasteiger partial charge in [0.05, 0.1) is 11.6 Å². The highest BCUT2D eigenvalue weighted by molar-refractivity contribution is 7.89. The fraction of sp³-hybridized carbons (Fsp3) is 0.538. The molecule has 0 amide bonds. The Morgan fingerprint density at radius 3 is 2.76 bits per heavy atom. The van der Waals surface area contributed by atoms with E-state index in [1.807, 2.05) is 0 Å². The summed E-state index contributed by atoms with van der Waals surface area (Å²) in [6.07, 6.45) is 1.90. The maximum absolute atomic E-state index is 12.4. The lowest BCUT2D eigenvalue weighted by Crippen LogP contribution is -2.33. The summed E-state index contributed by atoms with van der Waals surface area (Å²) >= 11 is 12.1. The van der Waals surface area contributed by atoms with Gasteiger partial charge in [-0.05, 0) is 30.9 Å². The average molecular weight is 353 g/mol. The minimum atomic E-state index is -3.69. The van der Waals surface area contributed by atoms with Gasteiger partial charge in [0.15, 0.2) is 0 Å². The van der Waals surface area contributed by atoms with E-state index in [2.05, 4.69) is 4.72 Å². The van der Waals surface area contributed by atoms with Crippen molar-refractivity contribution in [1.29, 1.82) is 0 Å². The molecule has 3 N–H and O–H groups in total. The van der Waals surface area contributed by atoms with Gasteiger partial charge in [0.1, 0.15) is 4.90 Å². The number of hydrogen-bond donors (Lipinski definition) is 2. The van der Waals surface area contributed by atoms with Gasteiger partial charge >= 0.3 is 0 Å². The molecular weight excluding hydrogens is 335 g/mol. The predicted molar refractivity (Wildman–Crippen MR) is 83.1 cm³/mol. The van der Waals surface area contributed by atoms with Crippen molar-refractivity contribution in [3.63, 3.8) is 0 Å². The van der Waals surface area contributed by atoms with Crippen LogP contribution in [0, 0.1) is 5.92 Å². The molecule has 5 nitrogen and oxygen atoms in total. The number of rotatable bonds is 5. The van der Waals surface area contributed by atoms with E-state index in [1.165, 1.54) is 12.1 Å². The molecule has 1 saturated heterocycles.